The number of rotatable bonds is 3. The molecule has 0 aromatic carbocycles. The Morgan fingerprint density at radius 1 is 1.00 bits per heavy atom. The summed E-state index contributed by atoms with van der Waals surface area (Å²) in [5, 5.41) is 0. The van der Waals surface area contributed by atoms with E-state index in [1.165, 1.54) is 32.1 Å². The van der Waals surface area contributed by atoms with Gasteiger partial charge in [-0.2, -0.15) is 25.3 Å². The standard InChI is InChI=1S/C18H28S2/c19-7-1-5-18-15(13-4-6-17(18,20)10-13)9-14-11-2-3-12(8-11)16(14)18/h11-16,19-20H,1-10H2. The molecule has 0 heterocycles. The maximum Gasteiger partial charge on any atom is 0.0194 e. The minimum atomic E-state index is 0.412. The van der Waals surface area contributed by atoms with E-state index in [1.54, 1.807) is 25.7 Å². The molecule has 2 heteroatoms. The van der Waals surface area contributed by atoms with Crippen LogP contribution in [-0.4, -0.2) is 10.5 Å². The summed E-state index contributed by atoms with van der Waals surface area (Å²) in [7, 11) is 0. The number of fused-ring (bicyclic) bond motifs is 11. The average molecular weight is 309 g/mol. The molecule has 0 amide bonds. The van der Waals surface area contributed by atoms with Gasteiger partial charge in [-0.05, 0) is 104 Å². The van der Waals surface area contributed by atoms with E-state index in [1.807, 2.05) is 0 Å². The Labute approximate surface area is 134 Å². The Hall–Kier alpha value is 0.700. The van der Waals surface area contributed by atoms with Crippen molar-refractivity contribution in [1.82, 2.24) is 0 Å². The Morgan fingerprint density at radius 3 is 2.70 bits per heavy atom. The highest BCUT2D eigenvalue weighted by Gasteiger charge is 2.75. The zero-order valence-corrected chi connectivity index (χ0v) is 14.2. The molecular formula is C18H28S2. The van der Waals surface area contributed by atoms with Gasteiger partial charge >= 0.3 is 0 Å². The fourth-order valence-electron chi connectivity index (χ4n) is 8.36. The van der Waals surface area contributed by atoms with Crippen LogP contribution in [0.4, 0.5) is 0 Å². The van der Waals surface area contributed by atoms with E-state index in [4.69, 9.17) is 12.6 Å². The lowest BCUT2D eigenvalue weighted by Gasteiger charge is -2.51. The molecule has 112 valence electrons. The molecule has 0 nitrogen and oxygen atoms in total. The van der Waals surface area contributed by atoms with Crippen LogP contribution in [0.3, 0.4) is 0 Å². The topological polar surface area (TPSA) is 0 Å². The van der Waals surface area contributed by atoms with E-state index < -0.39 is 0 Å². The molecule has 5 rings (SSSR count). The monoisotopic (exact) mass is 308 g/mol. The van der Waals surface area contributed by atoms with Gasteiger partial charge in [-0.15, -0.1) is 0 Å². The molecule has 0 saturated heterocycles. The van der Waals surface area contributed by atoms with Crippen LogP contribution >= 0.6 is 25.3 Å². The maximum atomic E-state index is 5.41. The van der Waals surface area contributed by atoms with Crippen molar-refractivity contribution in [2.45, 2.75) is 62.5 Å². The molecule has 5 saturated carbocycles. The van der Waals surface area contributed by atoms with Crippen molar-refractivity contribution in [2.75, 3.05) is 5.75 Å². The smallest absolute Gasteiger partial charge is 0.0194 e. The van der Waals surface area contributed by atoms with Crippen molar-refractivity contribution in [3.8, 4) is 0 Å². The lowest BCUT2D eigenvalue weighted by Crippen LogP contribution is -2.49. The summed E-state index contributed by atoms with van der Waals surface area (Å²) in [4.78, 5) is 0. The van der Waals surface area contributed by atoms with Crippen LogP contribution in [0.5, 0.6) is 0 Å². The first-order chi connectivity index (χ1) is 9.69. The first-order valence-corrected chi connectivity index (χ1v) is 10.1. The highest BCUT2D eigenvalue weighted by Crippen LogP contribution is 2.80. The zero-order valence-electron chi connectivity index (χ0n) is 12.4. The quantitative estimate of drug-likeness (QED) is 0.684. The summed E-state index contributed by atoms with van der Waals surface area (Å²) in [5.41, 5.74) is 0.631. The Kier molecular flexibility index (Phi) is 2.74. The first-order valence-electron chi connectivity index (χ1n) is 9.03. The molecule has 0 radical (unpaired) electrons. The largest absolute Gasteiger partial charge is 0.179 e. The third-order valence-electron chi connectivity index (χ3n) is 8.58. The molecule has 0 aliphatic heterocycles. The van der Waals surface area contributed by atoms with Crippen LogP contribution in [0.15, 0.2) is 0 Å². The molecule has 5 fully saturated rings. The van der Waals surface area contributed by atoms with Crippen LogP contribution in [0.25, 0.3) is 0 Å². The van der Waals surface area contributed by atoms with E-state index in [0.29, 0.717) is 10.2 Å². The maximum absolute atomic E-state index is 5.41. The predicted octanol–water partition coefficient (Wildman–Crippen LogP) is 4.85. The Morgan fingerprint density at radius 2 is 1.85 bits per heavy atom. The molecule has 5 aliphatic carbocycles. The van der Waals surface area contributed by atoms with E-state index in [2.05, 4.69) is 12.6 Å². The third kappa shape index (κ3) is 1.32. The second-order valence-corrected chi connectivity index (χ2v) is 10.1. The molecule has 0 N–H and O–H groups in total. The molecule has 0 aromatic heterocycles. The second-order valence-electron chi connectivity index (χ2n) is 8.77. The van der Waals surface area contributed by atoms with Crippen LogP contribution in [0, 0.1) is 40.9 Å². The summed E-state index contributed by atoms with van der Waals surface area (Å²) >= 11 is 9.95. The number of hydrogen-bond acceptors (Lipinski definition) is 2. The Bertz CT molecular complexity index is 435. The van der Waals surface area contributed by atoms with E-state index in [9.17, 15) is 0 Å². The van der Waals surface area contributed by atoms with E-state index in [-0.39, 0.29) is 0 Å². The number of hydrogen-bond donors (Lipinski definition) is 2. The average Bonchev–Trinajstić information content (AvgIpc) is 3.17. The summed E-state index contributed by atoms with van der Waals surface area (Å²) in [6, 6.07) is 0. The van der Waals surface area contributed by atoms with Crippen LogP contribution < -0.4 is 0 Å². The molecule has 4 bridgehead atoms. The highest BCUT2D eigenvalue weighted by atomic mass is 32.1. The van der Waals surface area contributed by atoms with Gasteiger partial charge in [0.2, 0.25) is 0 Å². The Balaban J connectivity index is 1.60. The molecule has 5 aliphatic rings. The number of thiol groups is 2. The van der Waals surface area contributed by atoms with Gasteiger partial charge in [0.15, 0.2) is 0 Å². The summed E-state index contributed by atoms with van der Waals surface area (Å²) in [6.45, 7) is 0. The van der Waals surface area contributed by atoms with Crippen LogP contribution in [0.1, 0.15) is 57.8 Å². The second kappa shape index (κ2) is 4.16. The minimum Gasteiger partial charge on any atom is -0.179 e. The van der Waals surface area contributed by atoms with Crippen molar-refractivity contribution in [3.63, 3.8) is 0 Å². The predicted molar refractivity (Wildman–Crippen MR) is 90.5 cm³/mol. The lowest BCUT2D eigenvalue weighted by molar-refractivity contribution is 0.0322. The van der Waals surface area contributed by atoms with Gasteiger partial charge in [0, 0.05) is 4.75 Å². The van der Waals surface area contributed by atoms with Gasteiger partial charge in [0.25, 0.3) is 0 Å². The van der Waals surface area contributed by atoms with Crippen LogP contribution in [-0.2, 0) is 0 Å². The SMILES string of the molecule is SCCCC12C(CC3C4CCC(C4)C31)C1CCC2(S)C1. The van der Waals surface area contributed by atoms with Crippen molar-refractivity contribution < 1.29 is 0 Å². The fraction of sp³-hybridized carbons (Fsp3) is 1.00. The van der Waals surface area contributed by atoms with Crippen molar-refractivity contribution in [2.24, 2.45) is 40.9 Å². The normalized spacial score (nSPS) is 62.1. The van der Waals surface area contributed by atoms with Gasteiger partial charge in [0.1, 0.15) is 0 Å². The molecular weight excluding hydrogens is 280 g/mol. The lowest BCUT2D eigenvalue weighted by atomic mass is 9.57. The van der Waals surface area contributed by atoms with Gasteiger partial charge in [-0.25, -0.2) is 0 Å². The third-order valence-corrected chi connectivity index (χ3v) is 9.72. The van der Waals surface area contributed by atoms with Gasteiger partial charge in [-0.1, -0.05) is 0 Å². The van der Waals surface area contributed by atoms with Gasteiger partial charge in [-0.3, -0.25) is 0 Å². The molecule has 8 unspecified atom stereocenters. The summed E-state index contributed by atoms with van der Waals surface area (Å²) < 4.78 is 0.412. The highest BCUT2D eigenvalue weighted by molar-refractivity contribution is 7.82. The summed E-state index contributed by atoms with van der Waals surface area (Å²) in [6.07, 6.45) is 13.4. The molecule has 0 aromatic rings. The van der Waals surface area contributed by atoms with E-state index >= 15 is 0 Å². The first kappa shape index (κ1) is 13.2. The van der Waals surface area contributed by atoms with Crippen molar-refractivity contribution >= 4 is 25.3 Å². The van der Waals surface area contributed by atoms with Crippen LogP contribution in [0.2, 0.25) is 0 Å². The fourth-order valence-corrected chi connectivity index (χ4v) is 9.30. The molecule has 20 heavy (non-hydrogen) atoms. The summed E-state index contributed by atoms with van der Waals surface area (Å²) in [5.74, 6) is 7.52. The minimum absolute atomic E-state index is 0.412. The zero-order chi connectivity index (χ0) is 13.5. The van der Waals surface area contributed by atoms with Gasteiger partial charge in [0.05, 0.1) is 0 Å². The van der Waals surface area contributed by atoms with Gasteiger partial charge < -0.3 is 0 Å². The molecule has 8 atom stereocenters. The van der Waals surface area contributed by atoms with E-state index in [0.717, 1.165) is 41.3 Å². The van der Waals surface area contributed by atoms with Crippen molar-refractivity contribution in [1.29, 1.82) is 0 Å². The van der Waals surface area contributed by atoms with Crippen molar-refractivity contribution in [3.05, 3.63) is 0 Å². The molecule has 0 spiro atoms.